The zero-order valence-electron chi connectivity index (χ0n) is 14.6. The molecule has 0 bridgehead atoms. The van der Waals surface area contributed by atoms with E-state index in [0.29, 0.717) is 41.8 Å². The minimum atomic E-state index is -0.0455. The van der Waals surface area contributed by atoms with Crippen LogP contribution in [0.15, 0.2) is 24.5 Å². The third-order valence-corrected chi connectivity index (χ3v) is 3.65. The number of rotatable bonds is 9. The SMILES string of the molecule is COc1cc(-c2cncc(N(CCO)CCO)n2)cc(OC)c1OC. The first-order chi connectivity index (χ1) is 12.2. The van der Waals surface area contributed by atoms with Crippen molar-refractivity contribution in [3.63, 3.8) is 0 Å². The molecule has 0 atom stereocenters. The molecule has 25 heavy (non-hydrogen) atoms. The molecule has 0 spiro atoms. The number of aliphatic hydroxyl groups excluding tert-OH is 2. The molecule has 0 saturated carbocycles. The largest absolute Gasteiger partial charge is 0.493 e. The van der Waals surface area contributed by atoms with Gasteiger partial charge in [0.2, 0.25) is 5.75 Å². The molecule has 0 unspecified atom stereocenters. The highest BCUT2D eigenvalue weighted by atomic mass is 16.5. The summed E-state index contributed by atoms with van der Waals surface area (Å²) in [5, 5.41) is 18.4. The molecular weight excluding hydrogens is 326 g/mol. The highest BCUT2D eigenvalue weighted by Gasteiger charge is 2.16. The van der Waals surface area contributed by atoms with E-state index in [0.717, 1.165) is 5.56 Å². The molecule has 0 aliphatic rings. The van der Waals surface area contributed by atoms with Crippen molar-refractivity contribution < 1.29 is 24.4 Å². The number of anilines is 1. The van der Waals surface area contributed by atoms with E-state index in [-0.39, 0.29) is 13.2 Å². The number of aromatic nitrogens is 2. The van der Waals surface area contributed by atoms with Crippen LogP contribution in [0.4, 0.5) is 5.82 Å². The van der Waals surface area contributed by atoms with Crippen molar-refractivity contribution in [1.29, 1.82) is 0 Å². The predicted molar refractivity (Wildman–Crippen MR) is 93.5 cm³/mol. The standard InChI is InChI=1S/C17H23N3O5/c1-23-14-8-12(9-15(24-2)17(14)25-3)13-10-18-11-16(19-13)20(4-6-21)5-7-22/h8-11,21-22H,4-7H2,1-3H3. The average molecular weight is 349 g/mol. The van der Waals surface area contributed by atoms with Gasteiger partial charge in [0.15, 0.2) is 11.5 Å². The predicted octanol–water partition coefficient (Wildman–Crippen LogP) is 0.960. The third-order valence-electron chi connectivity index (χ3n) is 3.65. The number of methoxy groups -OCH3 is 3. The number of benzene rings is 1. The van der Waals surface area contributed by atoms with E-state index >= 15 is 0 Å². The summed E-state index contributed by atoms with van der Waals surface area (Å²) in [5.41, 5.74) is 1.36. The van der Waals surface area contributed by atoms with Crippen molar-refractivity contribution in [2.24, 2.45) is 0 Å². The zero-order chi connectivity index (χ0) is 18.2. The van der Waals surface area contributed by atoms with Crippen molar-refractivity contribution in [2.45, 2.75) is 0 Å². The second-order valence-electron chi connectivity index (χ2n) is 5.11. The first kappa shape index (κ1) is 18.8. The van der Waals surface area contributed by atoms with Gasteiger partial charge in [-0.15, -0.1) is 0 Å². The molecule has 0 aliphatic carbocycles. The summed E-state index contributed by atoms with van der Waals surface area (Å²) in [6.07, 6.45) is 3.22. The highest BCUT2D eigenvalue weighted by molar-refractivity contribution is 5.69. The van der Waals surface area contributed by atoms with Crippen molar-refractivity contribution >= 4 is 5.82 Å². The van der Waals surface area contributed by atoms with Crippen LogP contribution in [0.5, 0.6) is 17.2 Å². The van der Waals surface area contributed by atoms with Gasteiger partial charge < -0.3 is 29.3 Å². The van der Waals surface area contributed by atoms with Crippen LogP contribution in [0.1, 0.15) is 0 Å². The van der Waals surface area contributed by atoms with Crippen LogP contribution in [0.25, 0.3) is 11.3 Å². The number of aliphatic hydroxyl groups is 2. The van der Waals surface area contributed by atoms with E-state index in [1.807, 2.05) is 0 Å². The minimum absolute atomic E-state index is 0.0455. The zero-order valence-corrected chi connectivity index (χ0v) is 14.6. The maximum absolute atomic E-state index is 9.19. The molecule has 2 rings (SSSR count). The maximum atomic E-state index is 9.19. The van der Waals surface area contributed by atoms with Gasteiger partial charge in [-0.3, -0.25) is 4.98 Å². The fourth-order valence-electron chi connectivity index (χ4n) is 2.46. The molecule has 1 aromatic carbocycles. The number of hydrogen-bond donors (Lipinski definition) is 2. The summed E-state index contributed by atoms with van der Waals surface area (Å²) in [6.45, 7) is 0.619. The van der Waals surface area contributed by atoms with Crippen LogP contribution < -0.4 is 19.1 Å². The van der Waals surface area contributed by atoms with Crippen molar-refractivity contribution in [1.82, 2.24) is 9.97 Å². The second-order valence-corrected chi connectivity index (χ2v) is 5.11. The van der Waals surface area contributed by atoms with Gasteiger partial charge in [0.05, 0.1) is 52.6 Å². The first-order valence-electron chi connectivity index (χ1n) is 7.77. The normalized spacial score (nSPS) is 10.4. The second kappa shape index (κ2) is 9.05. The lowest BCUT2D eigenvalue weighted by Crippen LogP contribution is -2.30. The highest BCUT2D eigenvalue weighted by Crippen LogP contribution is 2.40. The molecule has 8 heteroatoms. The molecule has 2 aromatic rings. The monoisotopic (exact) mass is 349 g/mol. The molecule has 1 heterocycles. The van der Waals surface area contributed by atoms with Gasteiger partial charge in [-0.25, -0.2) is 4.98 Å². The Balaban J connectivity index is 2.46. The number of ether oxygens (including phenoxy) is 3. The fraction of sp³-hybridized carbons (Fsp3) is 0.412. The smallest absolute Gasteiger partial charge is 0.203 e. The Morgan fingerprint density at radius 2 is 1.52 bits per heavy atom. The van der Waals surface area contributed by atoms with E-state index < -0.39 is 0 Å². The lowest BCUT2D eigenvalue weighted by atomic mass is 10.1. The van der Waals surface area contributed by atoms with Crippen molar-refractivity contribution in [2.75, 3.05) is 52.5 Å². The molecule has 136 valence electrons. The van der Waals surface area contributed by atoms with Crippen LogP contribution in [-0.2, 0) is 0 Å². The van der Waals surface area contributed by atoms with Gasteiger partial charge >= 0.3 is 0 Å². The Kier molecular flexibility index (Phi) is 6.79. The molecule has 2 N–H and O–H groups in total. The van der Waals surface area contributed by atoms with E-state index in [9.17, 15) is 10.2 Å². The summed E-state index contributed by atoms with van der Waals surface area (Å²) in [7, 11) is 4.64. The van der Waals surface area contributed by atoms with Crippen LogP contribution in [0, 0.1) is 0 Å². The number of hydrogen-bond acceptors (Lipinski definition) is 8. The molecule has 0 aliphatic heterocycles. The fourth-order valence-corrected chi connectivity index (χ4v) is 2.46. The molecule has 0 radical (unpaired) electrons. The molecule has 0 saturated heterocycles. The lowest BCUT2D eigenvalue weighted by molar-refractivity contribution is 0.280. The summed E-state index contributed by atoms with van der Waals surface area (Å²) >= 11 is 0. The van der Waals surface area contributed by atoms with E-state index in [1.54, 1.807) is 50.8 Å². The summed E-state index contributed by atoms with van der Waals surface area (Å²) in [5.74, 6) is 2.10. The lowest BCUT2D eigenvalue weighted by Gasteiger charge is -2.21. The quantitative estimate of drug-likeness (QED) is 0.691. The average Bonchev–Trinajstić information content (AvgIpc) is 2.66. The van der Waals surface area contributed by atoms with Gasteiger partial charge in [-0.2, -0.15) is 0 Å². The summed E-state index contributed by atoms with van der Waals surface area (Å²) in [4.78, 5) is 10.6. The minimum Gasteiger partial charge on any atom is -0.493 e. The summed E-state index contributed by atoms with van der Waals surface area (Å²) < 4.78 is 16.1. The Bertz CT molecular complexity index is 665. The van der Waals surface area contributed by atoms with Crippen molar-refractivity contribution in [3.8, 4) is 28.5 Å². The maximum Gasteiger partial charge on any atom is 0.203 e. The molecule has 8 nitrogen and oxygen atoms in total. The Morgan fingerprint density at radius 1 is 0.920 bits per heavy atom. The first-order valence-corrected chi connectivity index (χ1v) is 7.77. The van der Waals surface area contributed by atoms with Gasteiger partial charge in [0, 0.05) is 18.7 Å². The van der Waals surface area contributed by atoms with Gasteiger partial charge in [-0.1, -0.05) is 0 Å². The van der Waals surface area contributed by atoms with Crippen molar-refractivity contribution in [3.05, 3.63) is 24.5 Å². The van der Waals surface area contributed by atoms with Crippen LogP contribution in [0.3, 0.4) is 0 Å². The summed E-state index contributed by atoms with van der Waals surface area (Å²) in [6, 6.07) is 3.58. The molecule has 1 aromatic heterocycles. The molecule has 0 amide bonds. The Hall–Kier alpha value is -2.58. The van der Waals surface area contributed by atoms with Crippen LogP contribution in [-0.4, -0.2) is 67.8 Å². The van der Waals surface area contributed by atoms with Gasteiger partial charge in [0.1, 0.15) is 5.82 Å². The topological polar surface area (TPSA) is 97.2 Å². The van der Waals surface area contributed by atoms with Crippen LogP contribution >= 0.6 is 0 Å². The third kappa shape index (κ3) is 4.28. The van der Waals surface area contributed by atoms with Gasteiger partial charge in [-0.05, 0) is 12.1 Å². The van der Waals surface area contributed by atoms with Crippen LogP contribution in [0.2, 0.25) is 0 Å². The molecular formula is C17H23N3O5. The van der Waals surface area contributed by atoms with Gasteiger partial charge in [0.25, 0.3) is 0 Å². The van der Waals surface area contributed by atoms with E-state index in [4.69, 9.17) is 14.2 Å². The van der Waals surface area contributed by atoms with E-state index in [1.165, 1.54) is 0 Å². The molecule has 0 fully saturated rings. The van der Waals surface area contributed by atoms with E-state index in [2.05, 4.69) is 9.97 Å². The Labute approximate surface area is 146 Å². The Morgan fingerprint density at radius 3 is 2.00 bits per heavy atom. The number of nitrogens with zero attached hydrogens (tertiary/aromatic N) is 3.